The molecule has 22 heavy (non-hydrogen) atoms. The largest absolute Gasteiger partial charge is 0.440 e. The number of oxazole rings is 1. The van der Waals surface area contributed by atoms with Gasteiger partial charge in [0.1, 0.15) is 5.52 Å². The van der Waals surface area contributed by atoms with Gasteiger partial charge in [-0.15, -0.1) is 0 Å². The highest BCUT2D eigenvalue weighted by molar-refractivity contribution is 6.04. The summed E-state index contributed by atoms with van der Waals surface area (Å²) in [4.78, 5) is 16.6. The lowest BCUT2D eigenvalue weighted by Gasteiger charge is -2.05. The lowest BCUT2D eigenvalue weighted by atomic mass is 10.1. The second-order valence-electron chi connectivity index (χ2n) is 5.71. The molecule has 0 unspecified atom stereocenters. The van der Waals surface area contributed by atoms with Crippen molar-refractivity contribution in [2.24, 2.45) is 0 Å². The first kappa shape index (κ1) is 14.3. The van der Waals surface area contributed by atoms with Gasteiger partial charge in [-0.05, 0) is 31.2 Å². The SMILES string of the molecule is Cc1ccc(C(=O)Nc2ccc3nc(C(C)C)oc3c2)cc1. The molecule has 0 radical (unpaired) electrons. The molecule has 0 aliphatic carbocycles. The number of aromatic nitrogens is 1. The molecule has 0 aliphatic rings. The molecule has 4 heteroatoms. The van der Waals surface area contributed by atoms with Gasteiger partial charge in [0, 0.05) is 23.2 Å². The Balaban J connectivity index is 1.84. The van der Waals surface area contributed by atoms with E-state index < -0.39 is 0 Å². The Morgan fingerprint density at radius 3 is 2.55 bits per heavy atom. The molecule has 112 valence electrons. The average molecular weight is 294 g/mol. The van der Waals surface area contributed by atoms with E-state index in [1.54, 1.807) is 6.07 Å². The summed E-state index contributed by atoms with van der Waals surface area (Å²) < 4.78 is 5.71. The van der Waals surface area contributed by atoms with Gasteiger partial charge in [-0.3, -0.25) is 4.79 Å². The molecule has 0 aliphatic heterocycles. The highest BCUT2D eigenvalue weighted by Crippen LogP contribution is 2.24. The van der Waals surface area contributed by atoms with Crippen LogP contribution >= 0.6 is 0 Å². The number of benzene rings is 2. The molecule has 0 spiro atoms. The van der Waals surface area contributed by atoms with E-state index in [-0.39, 0.29) is 11.8 Å². The van der Waals surface area contributed by atoms with Crippen molar-refractivity contribution in [3.63, 3.8) is 0 Å². The van der Waals surface area contributed by atoms with Gasteiger partial charge in [0.2, 0.25) is 0 Å². The Morgan fingerprint density at radius 1 is 1.14 bits per heavy atom. The number of nitrogens with one attached hydrogen (secondary N) is 1. The molecule has 1 N–H and O–H groups in total. The van der Waals surface area contributed by atoms with E-state index >= 15 is 0 Å². The molecule has 0 fully saturated rings. The van der Waals surface area contributed by atoms with Crippen molar-refractivity contribution in [1.29, 1.82) is 0 Å². The standard InChI is InChI=1S/C18H18N2O2/c1-11(2)18-20-15-9-8-14(10-16(15)22-18)19-17(21)13-6-4-12(3)5-7-13/h4-11H,1-3H3,(H,19,21). The van der Waals surface area contributed by atoms with Gasteiger partial charge < -0.3 is 9.73 Å². The first-order valence-corrected chi connectivity index (χ1v) is 7.31. The molecule has 0 saturated carbocycles. The van der Waals surface area contributed by atoms with Gasteiger partial charge in [0.05, 0.1) is 0 Å². The molecule has 1 aromatic heterocycles. The van der Waals surface area contributed by atoms with Crippen LogP contribution in [0.4, 0.5) is 5.69 Å². The van der Waals surface area contributed by atoms with Crippen LogP contribution in [0.5, 0.6) is 0 Å². The van der Waals surface area contributed by atoms with E-state index in [0.29, 0.717) is 22.7 Å². The van der Waals surface area contributed by atoms with Gasteiger partial charge >= 0.3 is 0 Å². The summed E-state index contributed by atoms with van der Waals surface area (Å²) in [6.45, 7) is 6.06. The molecule has 2 aromatic carbocycles. The monoisotopic (exact) mass is 294 g/mol. The summed E-state index contributed by atoms with van der Waals surface area (Å²) in [7, 11) is 0. The molecular formula is C18H18N2O2. The maximum atomic E-state index is 12.2. The van der Waals surface area contributed by atoms with Crippen LogP contribution in [-0.4, -0.2) is 10.9 Å². The Hall–Kier alpha value is -2.62. The molecular weight excluding hydrogens is 276 g/mol. The summed E-state index contributed by atoms with van der Waals surface area (Å²) in [5, 5.41) is 2.88. The third kappa shape index (κ3) is 2.86. The Morgan fingerprint density at radius 2 is 1.86 bits per heavy atom. The van der Waals surface area contributed by atoms with Crippen molar-refractivity contribution in [3.05, 3.63) is 59.5 Å². The fourth-order valence-corrected chi connectivity index (χ4v) is 2.18. The lowest BCUT2D eigenvalue weighted by Crippen LogP contribution is -2.11. The Bertz CT molecular complexity index is 817. The van der Waals surface area contributed by atoms with Crippen LogP contribution in [0.15, 0.2) is 46.9 Å². The average Bonchev–Trinajstić information content (AvgIpc) is 2.91. The van der Waals surface area contributed by atoms with Crippen LogP contribution in [0, 0.1) is 6.92 Å². The number of carbonyl (C=O) groups excluding carboxylic acids is 1. The zero-order valence-corrected chi connectivity index (χ0v) is 12.9. The van der Waals surface area contributed by atoms with Crippen LogP contribution < -0.4 is 5.32 Å². The number of amides is 1. The van der Waals surface area contributed by atoms with Crippen molar-refractivity contribution in [2.75, 3.05) is 5.32 Å². The van der Waals surface area contributed by atoms with Gasteiger partial charge in [-0.2, -0.15) is 0 Å². The van der Waals surface area contributed by atoms with E-state index in [1.807, 2.05) is 57.2 Å². The number of anilines is 1. The van der Waals surface area contributed by atoms with Crippen LogP contribution in [0.3, 0.4) is 0 Å². The number of nitrogens with zero attached hydrogens (tertiary/aromatic N) is 1. The minimum atomic E-state index is -0.136. The van der Waals surface area contributed by atoms with Crippen molar-refractivity contribution in [1.82, 2.24) is 4.98 Å². The number of rotatable bonds is 3. The van der Waals surface area contributed by atoms with Gasteiger partial charge in [0.15, 0.2) is 11.5 Å². The van der Waals surface area contributed by atoms with Crippen molar-refractivity contribution in [2.45, 2.75) is 26.7 Å². The van der Waals surface area contributed by atoms with Gasteiger partial charge in [-0.25, -0.2) is 4.98 Å². The number of aryl methyl sites for hydroxylation is 1. The summed E-state index contributed by atoms with van der Waals surface area (Å²) in [5.41, 5.74) is 3.94. The predicted molar refractivity (Wildman–Crippen MR) is 87.2 cm³/mol. The summed E-state index contributed by atoms with van der Waals surface area (Å²) >= 11 is 0. The van der Waals surface area contributed by atoms with Crippen LogP contribution in [-0.2, 0) is 0 Å². The number of fused-ring (bicyclic) bond motifs is 1. The fraction of sp³-hybridized carbons (Fsp3) is 0.222. The molecule has 0 atom stereocenters. The van der Waals surface area contributed by atoms with E-state index in [4.69, 9.17) is 4.42 Å². The molecule has 1 heterocycles. The first-order chi connectivity index (χ1) is 10.5. The first-order valence-electron chi connectivity index (χ1n) is 7.31. The maximum absolute atomic E-state index is 12.2. The van der Waals surface area contributed by atoms with Crippen LogP contribution in [0.2, 0.25) is 0 Å². The number of carbonyl (C=O) groups is 1. The summed E-state index contributed by atoms with van der Waals surface area (Å²) in [6.07, 6.45) is 0. The van der Waals surface area contributed by atoms with Gasteiger partial charge in [0.25, 0.3) is 5.91 Å². The van der Waals surface area contributed by atoms with Crippen molar-refractivity contribution >= 4 is 22.7 Å². The van der Waals surface area contributed by atoms with Gasteiger partial charge in [-0.1, -0.05) is 31.5 Å². The van der Waals surface area contributed by atoms with Crippen molar-refractivity contribution in [3.8, 4) is 0 Å². The van der Waals surface area contributed by atoms with Crippen molar-refractivity contribution < 1.29 is 9.21 Å². The second kappa shape index (κ2) is 5.64. The highest BCUT2D eigenvalue weighted by Gasteiger charge is 2.11. The maximum Gasteiger partial charge on any atom is 0.255 e. The van der Waals surface area contributed by atoms with E-state index in [0.717, 1.165) is 11.1 Å². The second-order valence-corrected chi connectivity index (χ2v) is 5.71. The summed E-state index contributed by atoms with van der Waals surface area (Å²) in [6, 6.07) is 13.0. The predicted octanol–water partition coefficient (Wildman–Crippen LogP) is 4.51. The number of hydrogen-bond donors (Lipinski definition) is 1. The van der Waals surface area contributed by atoms with E-state index in [9.17, 15) is 4.79 Å². The smallest absolute Gasteiger partial charge is 0.255 e. The normalized spacial score (nSPS) is 11.1. The highest BCUT2D eigenvalue weighted by atomic mass is 16.3. The Kier molecular flexibility index (Phi) is 3.67. The Labute approximate surface area is 129 Å². The number of hydrogen-bond acceptors (Lipinski definition) is 3. The zero-order valence-electron chi connectivity index (χ0n) is 12.9. The minimum absolute atomic E-state index is 0.136. The summed E-state index contributed by atoms with van der Waals surface area (Å²) in [5.74, 6) is 0.804. The van der Waals surface area contributed by atoms with Crippen LogP contribution in [0.1, 0.15) is 41.6 Å². The molecule has 0 bridgehead atoms. The molecule has 3 aromatic rings. The lowest BCUT2D eigenvalue weighted by molar-refractivity contribution is 0.102. The third-order valence-electron chi connectivity index (χ3n) is 3.47. The fourth-order valence-electron chi connectivity index (χ4n) is 2.18. The minimum Gasteiger partial charge on any atom is -0.440 e. The van der Waals surface area contributed by atoms with E-state index in [2.05, 4.69) is 10.3 Å². The molecule has 0 saturated heterocycles. The third-order valence-corrected chi connectivity index (χ3v) is 3.47. The molecule has 4 nitrogen and oxygen atoms in total. The topological polar surface area (TPSA) is 55.1 Å². The molecule has 1 amide bonds. The van der Waals surface area contributed by atoms with Crippen LogP contribution in [0.25, 0.3) is 11.1 Å². The quantitative estimate of drug-likeness (QED) is 0.773. The van der Waals surface area contributed by atoms with E-state index in [1.165, 1.54) is 0 Å². The molecule has 3 rings (SSSR count). The zero-order chi connectivity index (χ0) is 15.7.